The first-order chi connectivity index (χ1) is 9.97. The van der Waals surface area contributed by atoms with Crippen molar-refractivity contribution >= 4 is 29.2 Å². The monoisotopic (exact) mass is 308 g/mol. The molecule has 0 aromatic heterocycles. The van der Waals surface area contributed by atoms with Gasteiger partial charge in [0, 0.05) is 22.6 Å². The Morgan fingerprint density at radius 3 is 2.62 bits per heavy atom. The summed E-state index contributed by atoms with van der Waals surface area (Å²) in [7, 11) is 0. The van der Waals surface area contributed by atoms with Crippen molar-refractivity contribution in [3.05, 3.63) is 28.8 Å². The van der Waals surface area contributed by atoms with Crippen molar-refractivity contribution < 1.29 is 19.4 Å². The summed E-state index contributed by atoms with van der Waals surface area (Å²) in [5.74, 6) is -3.14. The fourth-order valence-electron chi connectivity index (χ4n) is 3.26. The molecule has 5 nitrogen and oxygen atoms in total. The minimum Gasteiger partial charge on any atom is -0.550 e. The number of hydrogen-bond donors (Lipinski definition) is 1. The first kappa shape index (κ1) is 14.4. The lowest BCUT2D eigenvalue weighted by molar-refractivity contribution is -0.313. The summed E-state index contributed by atoms with van der Waals surface area (Å²) in [5.41, 5.74) is 1.45. The number of hydrogen-bond acceptors (Lipinski definition) is 4. The average molecular weight is 309 g/mol. The number of carboxylic acid groups (broad SMARTS) is 1. The minimum atomic E-state index is -1.22. The molecular weight excluding hydrogens is 294 g/mol. The third-order valence-corrected chi connectivity index (χ3v) is 4.54. The van der Waals surface area contributed by atoms with E-state index in [1.165, 1.54) is 0 Å². The summed E-state index contributed by atoms with van der Waals surface area (Å²) in [5, 5.41) is 14.6. The van der Waals surface area contributed by atoms with Gasteiger partial charge in [0.25, 0.3) is 0 Å². The molecule has 3 rings (SSSR count). The summed E-state index contributed by atoms with van der Waals surface area (Å²) in [6.45, 7) is 1.85. The van der Waals surface area contributed by atoms with Crippen molar-refractivity contribution in [1.29, 1.82) is 0 Å². The number of halogens is 1. The number of amides is 1. The maximum Gasteiger partial charge on any atom is 0.230 e. The van der Waals surface area contributed by atoms with E-state index in [2.05, 4.69) is 5.32 Å². The van der Waals surface area contributed by atoms with Gasteiger partial charge in [0.15, 0.2) is 0 Å². The van der Waals surface area contributed by atoms with Crippen molar-refractivity contribution in [2.75, 3.05) is 5.32 Å². The highest BCUT2D eigenvalue weighted by atomic mass is 35.5. The van der Waals surface area contributed by atoms with Gasteiger partial charge in [-0.3, -0.25) is 4.79 Å². The van der Waals surface area contributed by atoms with Crippen molar-refractivity contribution in [3.8, 4) is 0 Å². The summed E-state index contributed by atoms with van der Waals surface area (Å²) in [6, 6.07) is 5.18. The number of aliphatic carboxylic acids is 1. The standard InChI is InChI=1S/C15H16ClNO4/c1-7-2-3-8(16)6-9(7)17-14(18)12-10-4-5-11(21-10)13(12)15(19)20/h2-3,6,10-13H,4-5H2,1H3,(H,17,18)(H,19,20)/p-1/t10-,11+,12+,13-/m0/s1. The number of aryl methyl sites for hydroxylation is 1. The average Bonchev–Trinajstić information content (AvgIpc) is 3.03. The van der Waals surface area contributed by atoms with Crippen molar-refractivity contribution in [3.63, 3.8) is 0 Å². The Morgan fingerprint density at radius 1 is 1.29 bits per heavy atom. The van der Waals surface area contributed by atoms with Gasteiger partial charge in [0.05, 0.1) is 18.1 Å². The summed E-state index contributed by atoms with van der Waals surface area (Å²) in [6.07, 6.45) is 0.637. The molecule has 1 amide bonds. The van der Waals surface area contributed by atoms with Crippen molar-refractivity contribution in [2.24, 2.45) is 11.8 Å². The Balaban J connectivity index is 1.81. The molecule has 1 aromatic rings. The number of benzene rings is 1. The number of rotatable bonds is 3. The van der Waals surface area contributed by atoms with Crippen LogP contribution in [0.3, 0.4) is 0 Å². The highest BCUT2D eigenvalue weighted by Gasteiger charge is 2.52. The third-order valence-electron chi connectivity index (χ3n) is 4.31. The zero-order chi connectivity index (χ0) is 15.1. The smallest absolute Gasteiger partial charge is 0.230 e. The highest BCUT2D eigenvalue weighted by molar-refractivity contribution is 6.31. The fourth-order valence-corrected chi connectivity index (χ4v) is 3.43. The van der Waals surface area contributed by atoms with Crippen LogP contribution in [0.1, 0.15) is 18.4 Å². The van der Waals surface area contributed by atoms with Crippen LogP contribution in [0.5, 0.6) is 0 Å². The van der Waals surface area contributed by atoms with Gasteiger partial charge >= 0.3 is 0 Å². The molecule has 2 aliphatic heterocycles. The zero-order valence-corrected chi connectivity index (χ0v) is 12.2. The van der Waals surface area contributed by atoms with Crippen LogP contribution in [-0.4, -0.2) is 24.1 Å². The lowest BCUT2D eigenvalue weighted by atomic mass is 9.78. The SMILES string of the molecule is Cc1ccc(Cl)cc1NC(=O)[C@H]1[C@@H](C(=O)[O-])[C@H]2CC[C@@H]1O2. The van der Waals surface area contributed by atoms with Gasteiger partial charge in [0.1, 0.15) is 0 Å². The van der Waals surface area contributed by atoms with E-state index in [0.717, 1.165) is 5.56 Å². The molecule has 2 aliphatic rings. The van der Waals surface area contributed by atoms with E-state index >= 15 is 0 Å². The molecule has 4 atom stereocenters. The Bertz CT molecular complexity index is 603. The van der Waals surface area contributed by atoms with Gasteiger partial charge in [-0.1, -0.05) is 17.7 Å². The van der Waals surface area contributed by atoms with Crippen LogP contribution in [0, 0.1) is 18.8 Å². The molecule has 0 saturated carbocycles. The molecule has 2 fully saturated rings. The van der Waals surface area contributed by atoms with Gasteiger partial charge in [-0.05, 0) is 37.5 Å². The van der Waals surface area contributed by atoms with E-state index in [0.29, 0.717) is 23.6 Å². The molecule has 0 unspecified atom stereocenters. The number of fused-ring (bicyclic) bond motifs is 2. The molecule has 2 saturated heterocycles. The van der Waals surface area contributed by atoms with Gasteiger partial charge in [-0.15, -0.1) is 0 Å². The van der Waals surface area contributed by atoms with Crippen LogP contribution in [-0.2, 0) is 14.3 Å². The highest BCUT2D eigenvalue weighted by Crippen LogP contribution is 2.43. The van der Waals surface area contributed by atoms with E-state index in [-0.39, 0.29) is 12.0 Å². The largest absolute Gasteiger partial charge is 0.550 e. The maximum atomic E-state index is 12.5. The number of anilines is 1. The second-order valence-corrected chi connectivity index (χ2v) is 6.05. The van der Waals surface area contributed by atoms with E-state index in [4.69, 9.17) is 16.3 Å². The Labute approximate surface area is 127 Å². The van der Waals surface area contributed by atoms with E-state index in [9.17, 15) is 14.7 Å². The lowest BCUT2D eigenvalue weighted by Crippen LogP contribution is -2.46. The van der Waals surface area contributed by atoms with Gasteiger partial charge in [-0.25, -0.2) is 0 Å². The summed E-state index contributed by atoms with van der Waals surface area (Å²) in [4.78, 5) is 23.7. The molecule has 0 spiro atoms. The van der Waals surface area contributed by atoms with Crippen LogP contribution >= 0.6 is 11.6 Å². The molecule has 2 bridgehead atoms. The Morgan fingerprint density at radius 2 is 1.95 bits per heavy atom. The van der Waals surface area contributed by atoms with Crippen LogP contribution in [0.25, 0.3) is 0 Å². The number of nitrogens with one attached hydrogen (secondary N) is 1. The van der Waals surface area contributed by atoms with E-state index in [1.54, 1.807) is 18.2 Å². The van der Waals surface area contributed by atoms with Crippen LogP contribution in [0.2, 0.25) is 5.02 Å². The molecule has 0 aliphatic carbocycles. The normalized spacial score (nSPS) is 30.4. The van der Waals surface area contributed by atoms with E-state index in [1.807, 2.05) is 6.92 Å². The Hall–Kier alpha value is -1.59. The first-order valence-electron chi connectivity index (χ1n) is 6.90. The maximum absolute atomic E-state index is 12.5. The van der Waals surface area contributed by atoms with Gasteiger partial charge in [0.2, 0.25) is 5.91 Å². The van der Waals surface area contributed by atoms with Crippen molar-refractivity contribution in [2.45, 2.75) is 32.0 Å². The topological polar surface area (TPSA) is 78.5 Å². The van der Waals surface area contributed by atoms with Crippen LogP contribution in [0.15, 0.2) is 18.2 Å². The molecule has 112 valence electrons. The van der Waals surface area contributed by atoms with Crippen LogP contribution in [0.4, 0.5) is 5.69 Å². The van der Waals surface area contributed by atoms with Crippen molar-refractivity contribution in [1.82, 2.24) is 0 Å². The first-order valence-corrected chi connectivity index (χ1v) is 7.28. The fraction of sp³-hybridized carbons (Fsp3) is 0.467. The molecule has 2 heterocycles. The molecular formula is C15H15ClNO4-. The molecule has 6 heteroatoms. The number of carboxylic acids is 1. The third kappa shape index (κ3) is 2.51. The van der Waals surface area contributed by atoms with E-state index < -0.39 is 23.9 Å². The van der Waals surface area contributed by atoms with Gasteiger partial charge in [-0.2, -0.15) is 0 Å². The zero-order valence-electron chi connectivity index (χ0n) is 11.5. The molecule has 1 N–H and O–H groups in total. The Kier molecular flexibility index (Phi) is 3.63. The quantitative estimate of drug-likeness (QED) is 0.908. The summed E-state index contributed by atoms with van der Waals surface area (Å²) >= 11 is 5.92. The predicted molar refractivity (Wildman–Crippen MR) is 74.7 cm³/mol. The second-order valence-electron chi connectivity index (χ2n) is 5.61. The number of carbonyl (C=O) groups is 2. The number of ether oxygens (including phenoxy) is 1. The van der Waals surface area contributed by atoms with Gasteiger partial charge < -0.3 is 20.0 Å². The number of carbonyl (C=O) groups excluding carboxylic acids is 2. The summed E-state index contributed by atoms with van der Waals surface area (Å²) < 4.78 is 5.56. The predicted octanol–water partition coefficient (Wildman–Crippen LogP) is 1.13. The minimum absolute atomic E-state index is 0.336. The molecule has 0 radical (unpaired) electrons. The van der Waals surface area contributed by atoms with Crippen LogP contribution < -0.4 is 10.4 Å². The molecule has 1 aromatic carbocycles. The second kappa shape index (κ2) is 5.31. The lowest BCUT2D eigenvalue weighted by Gasteiger charge is -2.27. The molecule has 21 heavy (non-hydrogen) atoms.